The highest BCUT2D eigenvalue weighted by atomic mass is 19.1. The first-order chi connectivity index (χ1) is 17.8. The van der Waals surface area contributed by atoms with Crippen LogP contribution in [0.5, 0.6) is 0 Å². The molecular weight excluding hydrogens is 471 g/mol. The van der Waals surface area contributed by atoms with Crippen LogP contribution in [0.3, 0.4) is 0 Å². The Labute approximate surface area is 212 Å². The molecule has 0 bridgehead atoms. The lowest BCUT2D eigenvalue weighted by Crippen LogP contribution is -2.51. The van der Waals surface area contributed by atoms with Crippen LogP contribution in [0.25, 0.3) is 32.9 Å². The first-order valence-corrected chi connectivity index (χ1v) is 12.1. The second-order valence-corrected chi connectivity index (χ2v) is 9.59. The minimum atomic E-state index is -0.982. The Bertz CT molecular complexity index is 1680. The average Bonchev–Trinajstić information content (AvgIpc) is 3.37. The lowest BCUT2D eigenvalue weighted by atomic mass is 9.97. The highest BCUT2D eigenvalue weighted by molar-refractivity contribution is 6.20. The smallest absolute Gasteiger partial charge is 0.254 e. The van der Waals surface area contributed by atoms with E-state index in [0.29, 0.717) is 34.5 Å². The molecule has 1 fully saturated rings. The maximum Gasteiger partial charge on any atom is 0.254 e. The van der Waals surface area contributed by atoms with E-state index in [1.165, 1.54) is 4.90 Å². The molecule has 5 aromatic rings. The van der Waals surface area contributed by atoms with E-state index in [1.54, 1.807) is 18.2 Å². The van der Waals surface area contributed by atoms with Crippen molar-refractivity contribution in [2.45, 2.75) is 26.6 Å². The lowest BCUT2D eigenvalue weighted by molar-refractivity contribution is 0.0400. The van der Waals surface area contributed by atoms with Gasteiger partial charge in [0.05, 0.1) is 24.3 Å². The number of hydrogen-bond donors (Lipinski definition) is 1. The summed E-state index contributed by atoms with van der Waals surface area (Å²) in [5.74, 6) is -0.156. The van der Waals surface area contributed by atoms with Crippen molar-refractivity contribution in [1.82, 2.24) is 14.6 Å². The van der Waals surface area contributed by atoms with Gasteiger partial charge in [-0.25, -0.2) is 4.39 Å². The van der Waals surface area contributed by atoms with Gasteiger partial charge in [-0.15, -0.1) is 0 Å². The van der Waals surface area contributed by atoms with Gasteiger partial charge in [-0.05, 0) is 55.3 Å². The summed E-state index contributed by atoms with van der Waals surface area (Å²) in [4.78, 5) is 27.3. The van der Waals surface area contributed by atoms with Crippen LogP contribution in [-0.4, -0.2) is 45.7 Å². The SMILES string of the molecule is Cc1noc(C)c1-c1cc(C(N)=O)c2c3cc(C(=O)N4CC(F)C4)ccc3n(Cc3ccccc3)c2c1. The van der Waals surface area contributed by atoms with E-state index >= 15 is 0 Å². The fourth-order valence-corrected chi connectivity index (χ4v) is 5.30. The Balaban J connectivity index is 1.64. The van der Waals surface area contributed by atoms with Crippen molar-refractivity contribution in [3.05, 3.63) is 88.8 Å². The predicted octanol–water partition coefficient (Wildman–Crippen LogP) is 5.01. The number of carbonyl (C=O) groups excluding carboxylic acids is 2. The monoisotopic (exact) mass is 496 g/mol. The minimum absolute atomic E-state index is 0.0972. The first-order valence-electron chi connectivity index (χ1n) is 12.1. The standard InChI is InChI=1S/C29H25FN4O3/c1-16-26(17(2)37-32-16)20-11-23(28(31)35)27-22-10-19(29(36)33-14-21(30)15-33)8-9-24(22)34(25(27)12-20)13-18-6-4-3-5-7-18/h3-12,21H,13-15H2,1-2H3,(H2,31,35). The number of hydrogen-bond acceptors (Lipinski definition) is 4. The molecule has 0 aliphatic carbocycles. The molecule has 6 rings (SSSR count). The summed E-state index contributed by atoms with van der Waals surface area (Å²) in [7, 11) is 0. The highest BCUT2D eigenvalue weighted by Gasteiger charge is 2.31. The summed E-state index contributed by atoms with van der Waals surface area (Å²) >= 11 is 0. The fraction of sp³-hybridized carbons (Fsp3) is 0.207. The molecule has 0 atom stereocenters. The normalized spacial score (nSPS) is 13.9. The maximum atomic E-state index is 13.4. The number of aromatic nitrogens is 2. The Morgan fingerprint density at radius 2 is 1.81 bits per heavy atom. The van der Waals surface area contributed by atoms with Crippen LogP contribution in [0.4, 0.5) is 4.39 Å². The van der Waals surface area contributed by atoms with Crippen molar-refractivity contribution in [3.8, 4) is 11.1 Å². The van der Waals surface area contributed by atoms with Gasteiger partial charge in [-0.1, -0.05) is 35.5 Å². The minimum Gasteiger partial charge on any atom is -0.366 e. The van der Waals surface area contributed by atoms with Crippen LogP contribution in [0.15, 0.2) is 65.2 Å². The largest absolute Gasteiger partial charge is 0.366 e. The Morgan fingerprint density at radius 1 is 1.05 bits per heavy atom. The zero-order chi connectivity index (χ0) is 25.8. The number of rotatable bonds is 5. The quantitative estimate of drug-likeness (QED) is 0.370. The predicted molar refractivity (Wildman–Crippen MR) is 139 cm³/mol. The molecule has 1 aliphatic heterocycles. The molecule has 8 heteroatoms. The van der Waals surface area contributed by atoms with Gasteiger partial charge in [0.2, 0.25) is 5.91 Å². The third kappa shape index (κ3) is 3.76. The number of primary amides is 1. The van der Waals surface area contributed by atoms with Crippen LogP contribution in [0, 0.1) is 13.8 Å². The number of nitrogens with two attached hydrogens (primary N) is 1. The van der Waals surface area contributed by atoms with E-state index in [1.807, 2.05) is 56.3 Å². The fourth-order valence-electron chi connectivity index (χ4n) is 5.30. The van der Waals surface area contributed by atoms with E-state index in [-0.39, 0.29) is 19.0 Å². The number of aryl methyl sites for hydroxylation is 2. The number of alkyl halides is 1. The second kappa shape index (κ2) is 8.58. The number of benzene rings is 3. The molecule has 1 aliphatic rings. The molecule has 0 radical (unpaired) electrons. The summed E-state index contributed by atoms with van der Waals surface area (Å²) in [5, 5.41) is 5.50. The Hall–Kier alpha value is -4.46. The molecule has 2 amide bonds. The number of amides is 2. The van der Waals surface area contributed by atoms with Crippen LogP contribution < -0.4 is 5.73 Å². The van der Waals surface area contributed by atoms with Crippen LogP contribution in [0.2, 0.25) is 0 Å². The van der Waals surface area contributed by atoms with Crippen molar-refractivity contribution in [3.63, 3.8) is 0 Å². The lowest BCUT2D eigenvalue weighted by Gasteiger charge is -2.34. The zero-order valence-corrected chi connectivity index (χ0v) is 20.5. The van der Waals surface area contributed by atoms with Gasteiger partial charge in [0.1, 0.15) is 11.9 Å². The van der Waals surface area contributed by atoms with Gasteiger partial charge < -0.3 is 19.7 Å². The van der Waals surface area contributed by atoms with Gasteiger partial charge in [-0.2, -0.15) is 0 Å². The molecule has 3 aromatic carbocycles. The van der Waals surface area contributed by atoms with Crippen LogP contribution in [0.1, 0.15) is 37.7 Å². The highest BCUT2D eigenvalue weighted by Crippen LogP contribution is 2.38. The summed E-state index contributed by atoms with van der Waals surface area (Å²) < 4.78 is 20.9. The molecule has 37 heavy (non-hydrogen) atoms. The van der Waals surface area contributed by atoms with Crippen LogP contribution in [-0.2, 0) is 6.54 Å². The van der Waals surface area contributed by atoms with Crippen molar-refractivity contribution < 1.29 is 18.5 Å². The molecule has 0 spiro atoms. The molecular formula is C29H25FN4O3. The van der Waals surface area contributed by atoms with Gasteiger partial charge in [0, 0.05) is 39.5 Å². The summed E-state index contributed by atoms with van der Waals surface area (Å²) in [5.41, 5.74) is 11.8. The molecule has 7 nitrogen and oxygen atoms in total. The molecule has 1 saturated heterocycles. The topological polar surface area (TPSA) is 94.4 Å². The van der Waals surface area contributed by atoms with E-state index in [4.69, 9.17) is 10.3 Å². The van der Waals surface area contributed by atoms with Gasteiger partial charge in [-0.3, -0.25) is 9.59 Å². The Morgan fingerprint density at radius 3 is 2.46 bits per heavy atom. The molecule has 0 unspecified atom stereocenters. The third-order valence-corrected chi connectivity index (χ3v) is 7.11. The van der Waals surface area contributed by atoms with Gasteiger partial charge in [0.15, 0.2) is 0 Å². The van der Waals surface area contributed by atoms with Gasteiger partial charge >= 0.3 is 0 Å². The van der Waals surface area contributed by atoms with Gasteiger partial charge in [0.25, 0.3) is 5.91 Å². The Kier molecular flexibility index (Phi) is 5.33. The summed E-state index contributed by atoms with van der Waals surface area (Å²) in [6.07, 6.45) is -0.982. The number of carbonyl (C=O) groups is 2. The van der Waals surface area contributed by atoms with Crippen molar-refractivity contribution in [1.29, 1.82) is 0 Å². The maximum absolute atomic E-state index is 13.4. The number of nitrogens with zero attached hydrogens (tertiary/aromatic N) is 3. The van der Waals surface area contributed by atoms with Crippen molar-refractivity contribution in [2.75, 3.05) is 13.1 Å². The zero-order valence-electron chi connectivity index (χ0n) is 20.5. The molecule has 186 valence electrons. The number of likely N-dealkylation sites (tertiary alicyclic amines) is 1. The van der Waals surface area contributed by atoms with Crippen molar-refractivity contribution in [2.24, 2.45) is 5.73 Å². The van der Waals surface area contributed by atoms with Crippen molar-refractivity contribution >= 4 is 33.6 Å². The first kappa shape index (κ1) is 23.0. The van der Waals surface area contributed by atoms with Crippen LogP contribution >= 0.6 is 0 Å². The molecule has 2 N–H and O–H groups in total. The van der Waals surface area contributed by atoms with E-state index in [9.17, 15) is 14.0 Å². The molecule has 3 heterocycles. The summed E-state index contributed by atoms with van der Waals surface area (Å²) in [6.45, 7) is 4.43. The average molecular weight is 497 g/mol. The molecule has 0 saturated carbocycles. The summed E-state index contributed by atoms with van der Waals surface area (Å²) in [6, 6.07) is 19.2. The number of halogens is 1. The van der Waals surface area contributed by atoms with E-state index in [0.717, 1.165) is 33.1 Å². The third-order valence-electron chi connectivity index (χ3n) is 7.11. The van der Waals surface area contributed by atoms with E-state index < -0.39 is 12.1 Å². The van der Waals surface area contributed by atoms with E-state index in [2.05, 4.69) is 9.72 Å². The molecule has 2 aromatic heterocycles. The second-order valence-electron chi connectivity index (χ2n) is 9.59. The number of fused-ring (bicyclic) bond motifs is 3.